The maximum atomic E-state index is 12.9. The van der Waals surface area contributed by atoms with Gasteiger partial charge in [-0.05, 0) is 23.8 Å². The molecule has 0 saturated carbocycles. The van der Waals surface area contributed by atoms with Gasteiger partial charge in [0.05, 0.1) is 22.7 Å². The Kier molecular flexibility index (Phi) is 3.52. The quantitative estimate of drug-likeness (QED) is 0.915. The van der Waals surface area contributed by atoms with Gasteiger partial charge in [0.15, 0.2) is 5.09 Å². The van der Waals surface area contributed by atoms with E-state index in [1.54, 1.807) is 0 Å². The van der Waals surface area contributed by atoms with E-state index < -0.39 is 22.6 Å². The number of halogens is 1. The topological polar surface area (TPSA) is 80.4 Å². The number of carboxylic acid groups (broad SMARTS) is 1. The predicted octanol–water partition coefficient (Wildman–Crippen LogP) is 1.82. The van der Waals surface area contributed by atoms with Crippen molar-refractivity contribution in [3.8, 4) is 0 Å². The Morgan fingerprint density at radius 2 is 2.22 bits per heavy atom. The summed E-state index contributed by atoms with van der Waals surface area (Å²) in [5, 5.41) is 8.69. The molecule has 0 fully saturated rings. The lowest BCUT2D eigenvalue weighted by Crippen LogP contribution is -1.97. The number of furan rings is 1. The fourth-order valence-corrected chi connectivity index (χ4v) is 2.32. The summed E-state index contributed by atoms with van der Waals surface area (Å²) in [6.45, 7) is 0. The van der Waals surface area contributed by atoms with E-state index in [1.165, 1.54) is 24.4 Å². The third-order valence-electron chi connectivity index (χ3n) is 2.08. The summed E-state index contributed by atoms with van der Waals surface area (Å²) < 4.78 is 29.6. The lowest BCUT2D eigenvalue weighted by atomic mass is 10.3. The van der Waals surface area contributed by atoms with Crippen molar-refractivity contribution in [1.82, 2.24) is 4.98 Å². The number of nitrogens with zero attached hydrogens (tertiary/aromatic N) is 1. The molecule has 0 spiro atoms. The van der Waals surface area contributed by atoms with Gasteiger partial charge in [-0.1, -0.05) is 0 Å². The molecule has 0 radical (unpaired) electrons. The summed E-state index contributed by atoms with van der Waals surface area (Å²) in [6.07, 6.45) is 2.43. The molecule has 0 aliphatic heterocycles. The van der Waals surface area contributed by atoms with Crippen molar-refractivity contribution in [2.24, 2.45) is 0 Å². The van der Waals surface area contributed by atoms with Crippen molar-refractivity contribution in [2.75, 3.05) is 0 Å². The van der Waals surface area contributed by atoms with Gasteiger partial charge in [-0.15, -0.1) is 0 Å². The van der Waals surface area contributed by atoms with Crippen molar-refractivity contribution >= 4 is 16.8 Å². The molecule has 0 aromatic carbocycles. The van der Waals surface area contributed by atoms with Gasteiger partial charge in [0.25, 0.3) is 0 Å². The molecule has 2 rings (SSSR count). The number of aromatic nitrogens is 1. The number of rotatable bonds is 4. The number of aromatic carboxylic acids is 1. The number of hydrogen-bond donors (Lipinski definition) is 1. The van der Waals surface area contributed by atoms with Gasteiger partial charge in [-0.25, -0.2) is 9.18 Å². The third-order valence-corrected chi connectivity index (χ3v) is 3.34. The van der Waals surface area contributed by atoms with E-state index in [-0.39, 0.29) is 16.6 Å². The maximum absolute atomic E-state index is 12.9. The van der Waals surface area contributed by atoms with Crippen LogP contribution in [0.5, 0.6) is 0 Å². The highest BCUT2D eigenvalue weighted by molar-refractivity contribution is 7.84. The van der Waals surface area contributed by atoms with Crippen LogP contribution in [0.1, 0.15) is 16.1 Å². The van der Waals surface area contributed by atoms with Crippen LogP contribution in [0.15, 0.2) is 40.1 Å². The molecule has 5 nitrogen and oxygen atoms in total. The van der Waals surface area contributed by atoms with Crippen LogP contribution in [0.4, 0.5) is 4.39 Å². The summed E-state index contributed by atoms with van der Waals surface area (Å²) in [6, 6.07) is 3.76. The number of hydrogen-bond acceptors (Lipinski definition) is 4. The molecule has 94 valence electrons. The molecule has 7 heteroatoms. The second kappa shape index (κ2) is 5.09. The Labute approximate surface area is 104 Å². The highest BCUT2D eigenvalue weighted by Gasteiger charge is 2.14. The largest absolute Gasteiger partial charge is 0.475 e. The van der Waals surface area contributed by atoms with E-state index in [2.05, 4.69) is 4.98 Å². The van der Waals surface area contributed by atoms with Crippen LogP contribution in [-0.4, -0.2) is 20.3 Å². The van der Waals surface area contributed by atoms with Crippen LogP contribution in [-0.2, 0) is 16.6 Å². The zero-order chi connectivity index (χ0) is 13.1. The summed E-state index contributed by atoms with van der Waals surface area (Å²) in [4.78, 5) is 14.2. The normalized spacial score (nSPS) is 12.3. The van der Waals surface area contributed by atoms with E-state index in [4.69, 9.17) is 9.52 Å². The number of pyridine rings is 1. The van der Waals surface area contributed by atoms with E-state index in [0.29, 0.717) is 5.56 Å². The van der Waals surface area contributed by atoms with Crippen molar-refractivity contribution in [1.29, 1.82) is 0 Å². The predicted molar refractivity (Wildman–Crippen MR) is 60.0 cm³/mol. The Balaban J connectivity index is 2.14. The molecule has 0 saturated heterocycles. The molecule has 1 unspecified atom stereocenters. The van der Waals surface area contributed by atoms with Crippen LogP contribution in [0.25, 0.3) is 0 Å². The monoisotopic (exact) mass is 269 g/mol. The first-order valence-electron chi connectivity index (χ1n) is 4.87. The number of carboxylic acids is 1. The Morgan fingerprint density at radius 3 is 2.83 bits per heavy atom. The first kappa shape index (κ1) is 12.4. The van der Waals surface area contributed by atoms with Crippen LogP contribution in [0, 0.1) is 5.82 Å². The van der Waals surface area contributed by atoms with E-state index in [0.717, 1.165) is 6.20 Å². The second-order valence-electron chi connectivity index (χ2n) is 3.43. The average molecular weight is 269 g/mol. The van der Waals surface area contributed by atoms with Gasteiger partial charge in [-0.2, -0.15) is 0 Å². The summed E-state index contributed by atoms with van der Waals surface area (Å²) in [7, 11) is -1.58. The van der Waals surface area contributed by atoms with Crippen molar-refractivity contribution in [2.45, 2.75) is 10.8 Å². The summed E-state index contributed by atoms with van der Waals surface area (Å²) in [5.41, 5.74) is 0.446. The van der Waals surface area contributed by atoms with E-state index in [1.807, 2.05) is 0 Å². The van der Waals surface area contributed by atoms with Gasteiger partial charge in [0.2, 0.25) is 5.76 Å². The standard InChI is InChI=1S/C11H8FNO4S/c12-8-3-7(4-13-5-8)6-18(16)10-2-1-9(17-10)11(14)15/h1-5H,6H2,(H,14,15). The molecule has 0 aliphatic carbocycles. The first-order valence-corrected chi connectivity index (χ1v) is 6.19. The van der Waals surface area contributed by atoms with Crippen LogP contribution >= 0.6 is 0 Å². The maximum Gasteiger partial charge on any atom is 0.371 e. The highest BCUT2D eigenvalue weighted by atomic mass is 32.2. The first-order chi connectivity index (χ1) is 8.56. The molecule has 1 N–H and O–H groups in total. The summed E-state index contributed by atoms with van der Waals surface area (Å²) in [5.74, 6) is -2.02. The zero-order valence-electron chi connectivity index (χ0n) is 9.00. The third kappa shape index (κ3) is 2.80. The fourth-order valence-electron chi connectivity index (χ4n) is 1.31. The second-order valence-corrected chi connectivity index (χ2v) is 4.81. The minimum absolute atomic E-state index is 0.0112. The highest BCUT2D eigenvalue weighted by Crippen LogP contribution is 2.16. The van der Waals surface area contributed by atoms with E-state index in [9.17, 15) is 13.4 Å². The smallest absolute Gasteiger partial charge is 0.371 e. The molecule has 2 aromatic rings. The molecular formula is C11H8FNO4S. The van der Waals surface area contributed by atoms with Crippen molar-refractivity contribution < 1.29 is 22.9 Å². The molecule has 2 heterocycles. The van der Waals surface area contributed by atoms with Crippen LogP contribution in [0.2, 0.25) is 0 Å². The fraction of sp³-hybridized carbons (Fsp3) is 0.0909. The van der Waals surface area contributed by atoms with Gasteiger partial charge >= 0.3 is 5.97 Å². The van der Waals surface area contributed by atoms with Crippen LogP contribution in [0.3, 0.4) is 0 Å². The van der Waals surface area contributed by atoms with Crippen molar-refractivity contribution in [3.05, 3.63) is 47.7 Å². The molecular weight excluding hydrogens is 261 g/mol. The molecule has 0 aliphatic rings. The Bertz CT molecular complexity index is 611. The molecule has 1 atom stereocenters. The Morgan fingerprint density at radius 1 is 1.44 bits per heavy atom. The summed E-state index contributed by atoms with van der Waals surface area (Å²) >= 11 is 0. The minimum atomic E-state index is -1.58. The number of carbonyl (C=O) groups is 1. The lowest BCUT2D eigenvalue weighted by molar-refractivity contribution is 0.0656. The van der Waals surface area contributed by atoms with Gasteiger partial charge in [-0.3, -0.25) is 9.19 Å². The van der Waals surface area contributed by atoms with Gasteiger partial charge in [0.1, 0.15) is 5.82 Å². The molecule has 18 heavy (non-hydrogen) atoms. The van der Waals surface area contributed by atoms with Gasteiger partial charge in [0, 0.05) is 6.20 Å². The SMILES string of the molecule is O=C(O)c1ccc(S(=O)Cc2cncc(F)c2)o1. The lowest BCUT2D eigenvalue weighted by Gasteiger charge is -1.99. The Hall–Kier alpha value is -2.02. The molecule has 0 bridgehead atoms. The molecule has 0 amide bonds. The van der Waals surface area contributed by atoms with Crippen LogP contribution < -0.4 is 0 Å². The zero-order valence-corrected chi connectivity index (χ0v) is 9.82. The minimum Gasteiger partial charge on any atom is -0.475 e. The molecule has 2 aromatic heterocycles. The van der Waals surface area contributed by atoms with E-state index >= 15 is 0 Å². The van der Waals surface area contributed by atoms with Crippen molar-refractivity contribution in [3.63, 3.8) is 0 Å². The van der Waals surface area contributed by atoms with Gasteiger partial charge < -0.3 is 9.52 Å². The average Bonchev–Trinajstić information content (AvgIpc) is 2.78.